The minimum atomic E-state index is -0.339. The normalized spacial score (nSPS) is 13.9. The zero-order valence-electron chi connectivity index (χ0n) is 8.69. The van der Waals surface area contributed by atoms with E-state index in [9.17, 15) is 4.79 Å². The number of halogens is 1. The molecular weight excluding hydrogens is 234 g/mol. The standard InChI is InChI=1S/C9H18BrNO2/c1-9(2,3)8(12)11-7(5-10)6-13-4/h7H,5-6H2,1-4H3,(H,11,12). The molecule has 0 fully saturated rings. The molecule has 0 aliphatic heterocycles. The molecule has 78 valence electrons. The molecule has 0 bridgehead atoms. The molecule has 0 aromatic rings. The second-order valence-electron chi connectivity index (χ2n) is 4.03. The third kappa shape index (κ3) is 5.26. The number of methoxy groups -OCH3 is 1. The van der Waals surface area contributed by atoms with Gasteiger partial charge in [-0.3, -0.25) is 4.79 Å². The summed E-state index contributed by atoms with van der Waals surface area (Å²) in [5.41, 5.74) is -0.339. The minimum Gasteiger partial charge on any atom is -0.383 e. The van der Waals surface area contributed by atoms with Crippen LogP contribution in [-0.2, 0) is 9.53 Å². The lowest BCUT2D eigenvalue weighted by molar-refractivity contribution is -0.129. The van der Waals surface area contributed by atoms with E-state index in [2.05, 4.69) is 21.2 Å². The average molecular weight is 252 g/mol. The van der Waals surface area contributed by atoms with Crippen molar-refractivity contribution in [3.05, 3.63) is 0 Å². The fourth-order valence-electron chi connectivity index (χ4n) is 0.728. The fraction of sp³-hybridized carbons (Fsp3) is 0.889. The Bertz CT molecular complexity index is 165. The maximum atomic E-state index is 11.5. The molecule has 4 heteroatoms. The van der Waals surface area contributed by atoms with Crippen LogP contribution >= 0.6 is 15.9 Å². The van der Waals surface area contributed by atoms with Gasteiger partial charge in [-0.15, -0.1) is 0 Å². The smallest absolute Gasteiger partial charge is 0.225 e. The van der Waals surface area contributed by atoms with Gasteiger partial charge in [0.15, 0.2) is 0 Å². The van der Waals surface area contributed by atoms with Crippen LogP contribution in [0.5, 0.6) is 0 Å². The SMILES string of the molecule is COCC(CBr)NC(=O)C(C)(C)C. The third-order valence-electron chi connectivity index (χ3n) is 1.57. The van der Waals surface area contributed by atoms with Gasteiger partial charge in [-0.25, -0.2) is 0 Å². The zero-order valence-corrected chi connectivity index (χ0v) is 10.3. The summed E-state index contributed by atoms with van der Waals surface area (Å²) in [4.78, 5) is 11.5. The first kappa shape index (κ1) is 12.9. The summed E-state index contributed by atoms with van der Waals surface area (Å²) in [5.74, 6) is 0.0500. The van der Waals surface area contributed by atoms with Crippen LogP contribution in [0.15, 0.2) is 0 Å². The lowest BCUT2D eigenvalue weighted by Gasteiger charge is -2.22. The van der Waals surface area contributed by atoms with Crippen LogP contribution in [0.2, 0.25) is 0 Å². The highest BCUT2D eigenvalue weighted by molar-refractivity contribution is 9.09. The Hall–Kier alpha value is -0.0900. The van der Waals surface area contributed by atoms with Gasteiger partial charge in [0.25, 0.3) is 0 Å². The molecule has 0 saturated carbocycles. The van der Waals surface area contributed by atoms with E-state index in [4.69, 9.17) is 4.74 Å². The molecular formula is C9H18BrNO2. The predicted molar refractivity (Wildman–Crippen MR) is 57.1 cm³/mol. The summed E-state index contributed by atoms with van der Waals surface area (Å²) in [6.07, 6.45) is 0. The topological polar surface area (TPSA) is 38.3 Å². The van der Waals surface area contributed by atoms with Crippen molar-refractivity contribution in [1.82, 2.24) is 5.32 Å². The van der Waals surface area contributed by atoms with Gasteiger partial charge in [-0.05, 0) is 0 Å². The summed E-state index contributed by atoms with van der Waals surface area (Å²) < 4.78 is 4.96. The molecule has 0 radical (unpaired) electrons. The Balaban J connectivity index is 4.01. The number of hydrogen-bond donors (Lipinski definition) is 1. The van der Waals surface area contributed by atoms with E-state index in [1.165, 1.54) is 0 Å². The van der Waals surface area contributed by atoms with Crippen molar-refractivity contribution in [3.63, 3.8) is 0 Å². The summed E-state index contributed by atoms with van der Waals surface area (Å²) in [6.45, 7) is 6.20. The third-order valence-corrected chi connectivity index (χ3v) is 2.35. The van der Waals surface area contributed by atoms with Crippen molar-refractivity contribution in [2.24, 2.45) is 5.41 Å². The van der Waals surface area contributed by atoms with Crippen molar-refractivity contribution < 1.29 is 9.53 Å². The van der Waals surface area contributed by atoms with E-state index in [0.29, 0.717) is 11.9 Å². The van der Waals surface area contributed by atoms with Gasteiger partial charge in [0, 0.05) is 17.9 Å². The molecule has 1 amide bonds. The van der Waals surface area contributed by atoms with Gasteiger partial charge in [-0.2, -0.15) is 0 Å². The lowest BCUT2D eigenvalue weighted by atomic mass is 9.95. The summed E-state index contributed by atoms with van der Waals surface area (Å²) in [6, 6.07) is 0.0525. The molecule has 1 N–H and O–H groups in total. The second-order valence-corrected chi connectivity index (χ2v) is 4.68. The van der Waals surface area contributed by atoms with Gasteiger partial charge >= 0.3 is 0 Å². The molecule has 1 atom stereocenters. The first-order valence-electron chi connectivity index (χ1n) is 4.27. The van der Waals surface area contributed by atoms with Gasteiger partial charge < -0.3 is 10.1 Å². The number of nitrogens with one attached hydrogen (secondary N) is 1. The number of alkyl halides is 1. The Morgan fingerprint density at radius 2 is 2.08 bits per heavy atom. The fourth-order valence-corrected chi connectivity index (χ4v) is 1.08. The molecule has 1 unspecified atom stereocenters. The molecule has 0 spiro atoms. The van der Waals surface area contributed by atoms with E-state index in [1.807, 2.05) is 20.8 Å². The number of ether oxygens (including phenoxy) is 1. The van der Waals surface area contributed by atoms with Gasteiger partial charge in [0.1, 0.15) is 0 Å². The van der Waals surface area contributed by atoms with E-state index in [-0.39, 0.29) is 17.4 Å². The van der Waals surface area contributed by atoms with Crippen LogP contribution in [-0.4, -0.2) is 31.0 Å². The zero-order chi connectivity index (χ0) is 10.5. The van der Waals surface area contributed by atoms with E-state index in [1.54, 1.807) is 7.11 Å². The van der Waals surface area contributed by atoms with Crippen LogP contribution in [0.4, 0.5) is 0 Å². The average Bonchev–Trinajstić information content (AvgIpc) is 2.01. The first-order chi connectivity index (χ1) is 5.91. The number of rotatable bonds is 4. The molecule has 0 rings (SSSR count). The van der Waals surface area contributed by atoms with Crippen molar-refractivity contribution in [3.8, 4) is 0 Å². The molecule has 13 heavy (non-hydrogen) atoms. The highest BCUT2D eigenvalue weighted by Crippen LogP contribution is 2.13. The van der Waals surface area contributed by atoms with Crippen molar-refractivity contribution in [2.75, 3.05) is 19.0 Å². The molecule has 0 heterocycles. The molecule has 0 aliphatic carbocycles. The molecule has 0 saturated heterocycles. The predicted octanol–water partition coefficient (Wildman–Crippen LogP) is 1.56. The van der Waals surface area contributed by atoms with E-state index in [0.717, 1.165) is 0 Å². The molecule has 0 aliphatic rings. The first-order valence-corrected chi connectivity index (χ1v) is 5.39. The van der Waals surface area contributed by atoms with Crippen LogP contribution in [0, 0.1) is 5.41 Å². The largest absolute Gasteiger partial charge is 0.383 e. The lowest BCUT2D eigenvalue weighted by Crippen LogP contribution is -2.44. The molecule has 0 aromatic carbocycles. The Kier molecular flexibility index (Phi) is 5.56. The maximum Gasteiger partial charge on any atom is 0.225 e. The second kappa shape index (κ2) is 5.60. The van der Waals surface area contributed by atoms with Crippen LogP contribution < -0.4 is 5.32 Å². The van der Waals surface area contributed by atoms with Gasteiger partial charge in [0.05, 0.1) is 12.6 Å². The Labute approximate surface area is 88.4 Å². The minimum absolute atomic E-state index is 0.0500. The number of hydrogen-bond acceptors (Lipinski definition) is 2. The monoisotopic (exact) mass is 251 g/mol. The highest BCUT2D eigenvalue weighted by atomic mass is 79.9. The number of carbonyl (C=O) groups excluding carboxylic acids is 1. The van der Waals surface area contributed by atoms with Crippen molar-refractivity contribution >= 4 is 21.8 Å². The van der Waals surface area contributed by atoms with Crippen molar-refractivity contribution in [2.45, 2.75) is 26.8 Å². The summed E-state index contributed by atoms with van der Waals surface area (Å²) in [7, 11) is 1.62. The van der Waals surface area contributed by atoms with E-state index >= 15 is 0 Å². The van der Waals surface area contributed by atoms with Gasteiger partial charge in [0.2, 0.25) is 5.91 Å². The number of amides is 1. The number of carbonyl (C=O) groups is 1. The van der Waals surface area contributed by atoms with Crippen LogP contribution in [0.25, 0.3) is 0 Å². The Morgan fingerprint density at radius 3 is 2.38 bits per heavy atom. The van der Waals surface area contributed by atoms with E-state index < -0.39 is 0 Å². The maximum absolute atomic E-state index is 11.5. The Morgan fingerprint density at radius 1 is 1.54 bits per heavy atom. The van der Waals surface area contributed by atoms with Gasteiger partial charge in [-0.1, -0.05) is 36.7 Å². The summed E-state index contributed by atoms with van der Waals surface area (Å²) >= 11 is 3.32. The van der Waals surface area contributed by atoms with Crippen LogP contribution in [0.3, 0.4) is 0 Å². The molecule has 0 aromatic heterocycles. The van der Waals surface area contributed by atoms with Crippen LogP contribution in [0.1, 0.15) is 20.8 Å². The molecule has 3 nitrogen and oxygen atoms in total. The highest BCUT2D eigenvalue weighted by Gasteiger charge is 2.23. The quantitative estimate of drug-likeness (QED) is 0.771. The summed E-state index contributed by atoms with van der Waals surface area (Å²) in [5, 5.41) is 3.61. The van der Waals surface area contributed by atoms with Crippen molar-refractivity contribution in [1.29, 1.82) is 0 Å².